The average molecular weight is 431 g/mol. The molecule has 0 saturated carbocycles. The molecule has 0 aliphatic carbocycles. The van der Waals surface area contributed by atoms with Crippen molar-refractivity contribution in [2.45, 2.75) is 37.1 Å². The summed E-state index contributed by atoms with van der Waals surface area (Å²) in [5.41, 5.74) is 0.438. The third kappa shape index (κ3) is 5.41. The Morgan fingerprint density at radius 1 is 1.19 bits per heavy atom. The minimum Gasteiger partial charge on any atom is -0.324 e. The first-order valence-electron chi connectivity index (χ1n) is 8.55. The number of carbonyl (C=O) groups excluding carboxylic acids is 1. The number of nitrogens with zero attached hydrogens (tertiary/aromatic N) is 2. The molecule has 0 atom stereocenters. The van der Waals surface area contributed by atoms with Gasteiger partial charge in [0.15, 0.2) is 4.80 Å². The van der Waals surface area contributed by atoms with Crippen LogP contribution in [0.1, 0.15) is 25.7 Å². The Balaban J connectivity index is 0.00000261. The van der Waals surface area contributed by atoms with Crippen LogP contribution >= 0.6 is 23.7 Å². The monoisotopic (exact) mass is 430 g/mol. The molecule has 2 heterocycles. The fourth-order valence-electron chi connectivity index (χ4n) is 2.95. The molecule has 148 valence electrons. The molecule has 0 bridgehead atoms. The maximum absolute atomic E-state index is 12.9. The molecule has 1 aromatic carbocycles. The van der Waals surface area contributed by atoms with Crippen LogP contribution in [0.15, 0.2) is 40.7 Å². The predicted molar refractivity (Wildman–Crippen MR) is 108 cm³/mol. The molecule has 1 aliphatic rings. The van der Waals surface area contributed by atoms with E-state index in [-0.39, 0.29) is 34.6 Å². The van der Waals surface area contributed by atoms with Gasteiger partial charge in [0.25, 0.3) is 0 Å². The normalized spacial score (nSPS) is 15.6. The second kappa shape index (κ2) is 9.50. The molecule has 1 saturated heterocycles. The van der Waals surface area contributed by atoms with E-state index >= 15 is 0 Å². The molecule has 2 N–H and O–H groups in total. The number of nitrogens with one attached hydrogen (secondary N) is 2. The number of anilines is 1. The minimum absolute atomic E-state index is 0. The maximum atomic E-state index is 12.9. The first-order valence-corrected chi connectivity index (χ1v) is 10.9. The molecule has 0 radical (unpaired) electrons. The van der Waals surface area contributed by atoms with E-state index in [0.717, 1.165) is 25.7 Å². The van der Waals surface area contributed by atoms with Gasteiger partial charge in [-0.1, -0.05) is 18.9 Å². The summed E-state index contributed by atoms with van der Waals surface area (Å²) in [7, 11) is -3.55. The van der Waals surface area contributed by atoms with Crippen LogP contribution in [0.5, 0.6) is 0 Å². The van der Waals surface area contributed by atoms with Crippen LogP contribution in [0.3, 0.4) is 0 Å². The van der Waals surface area contributed by atoms with Crippen molar-refractivity contribution in [2.75, 3.05) is 18.4 Å². The van der Waals surface area contributed by atoms with Crippen molar-refractivity contribution in [3.63, 3.8) is 0 Å². The summed E-state index contributed by atoms with van der Waals surface area (Å²) in [4.78, 5) is 12.7. The highest BCUT2D eigenvalue weighted by Crippen LogP contribution is 2.22. The number of hydrogen-bond acceptors (Lipinski definition) is 5. The fraction of sp³-hybridized carbons (Fsp3) is 0.412. The maximum Gasteiger partial charge on any atom is 0.244 e. The van der Waals surface area contributed by atoms with Crippen molar-refractivity contribution < 1.29 is 13.2 Å². The average Bonchev–Trinajstić information content (AvgIpc) is 2.86. The molecule has 0 unspecified atom stereocenters. The number of sulfonamides is 1. The summed E-state index contributed by atoms with van der Waals surface area (Å²) >= 11 is 1.24. The first kappa shape index (κ1) is 21.6. The summed E-state index contributed by atoms with van der Waals surface area (Å²) in [6.07, 6.45) is 5.54. The lowest BCUT2D eigenvalue weighted by Crippen LogP contribution is -2.32. The van der Waals surface area contributed by atoms with Crippen molar-refractivity contribution in [3.8, 4) is 0 Å². The standard InChI is InChI=1S/C17H22N4O3S2.ClH/c18-17-20(10-11-25-17)13-16(22)19-14-6-5-7-15(12-14)26(23,24)21-8-3-1-2-4-9-21;/h5-7,10-12,18H,1-4,8-9,13H2,(H,19,22);1H. The van der Waals surface area contributed by atoms with E-state index in [0.29, 0.717) is 18.8 Å². The Hall–Kier alpha value is -1.68. The van der Waals surface area contributed by atoms with Crippen LogP contribution in [-0.2, 0) is 21.4 Å². The van der Waals surface area contributed by atoms with Gasteiger partial charge in [-0.2, -0.15) is 4.31 Å². The molecule has 1 amide bonds. The number of amides is 1. The van der Waals surface area contributed by atoms with E-state index in [1.807, 2.05) is 0 Å². The summed E-state index contributed by atoms with van der Waals surface area (Å²) < 4.78 is 28.8. The third-order valence-corrected chi connectivity index (χ3v) is 6.93. The topological polar surface area (TPSA) is 95.3 Å². The molecular weight excluding hydrogens is 408 g/mol. The smallest absolute Gasteiger partial charge is 0.244 e. The van der Waals surface area contributed by atoms with Gasteiger partial charge in [0.2, 0.25) is 15.9 Å². The SMILES string of the molecule is Cl.N=c1sccn1CC(=O)Nc1cccc(S(=O)(=O)N2CCCCCC2)c1. The van der Waals surface area contributed by atoms with E-state index in [1.54, 1.807) is 29.8 Å². The van der Waals surface area contributed by atoms with Crippen LogP contribution in [0.4, 0.5) is 5.69 Å². The zero-order valence-electron chi connectivity index (χ0n) is 14.8. The lowest BCUT2D eigenvalue weighted by atomic mass is 10.2. The highest BCUT2D eigenvalue weighted by atomic mass is 35.5. The molecule has 1 aromatic heterocycles. The van der Waals surface area contributed by atoms with Crippen molar-refractivity contribution >= 4 is 45.4 Å². The predicted octanol–water partition coefficient (Wildman–Crippen LogP) is 2.65. The lowest BCUT2D eigenvalue weighted by molar-refractivity contribution is -0.116. The van der Waals surface area contributed by atoms with Crippen LogP contribution < -0.4 is 10.1 Å². The van der Waals surface area contributed by atoms with E-state index in [2.05, 4.69) is 5.32 Å². The molecule has 2 aromatic rings. The Morgan fingerprint density at radius 3 is 2.52 bits per heavy atom. The summed E-state index contributed by atoms with van der Waals surface area (Å²) in [5, 5.41) is 12.1. The van der Waals surface area contributed by atoms with Gasteiger partial charge in [-0.3, -0.25) is 10.2 Å². The fourth-order valence-corrected chi connectivity index (χ4v) is 5.11. The van der Waals surface area contributed by atoms with E-state index in [4.69, 9.17) is 5.41 Å². The highest BCUT2D eigenvalue weighted by molar-refractivity contribution is 7.89. The molecular formula is C17H23ClN4O3S2. The highest BCUT2D eigenvalue weighted by Gasteiger charge is 2.25. The zero-order valence-corrected chi connectivity index (χ0v) is 17.2. The van der Waals surface area contributed by atoms with Gasteiger partial charge in [-0.05, 0) is 31.0 Å². The van der Waals surface area contributed by atoms with Crippen LogP contribution in [0.2, 0.25) is 0 Å². The van der Waals surface area contributed by atoms with Crippen molar-refractivity contribution in [2.24, 2.45) is 0 Å². The molecule has 1 fully saturated rings. The zero-order chi connectivity index (χ0) is 18.6. The Kier molecular flexibility index (Phi) is 7.60. The second-order valence-electron chi connectivity index (χ2n) is 6.23. The Morgan fingerprint density at radius 2 is 1.89 bits per heavy atom. The van der Waals surface area contributed by atoms with Crippen molar-refractivity contribution in [3.05, 3.63) is 40.6 Å². The molecule has 7 nitrogen and oxygen atoms in total. The number of thiazole rings is 1. The molecule has 27 heavy (non-hydrogen) atoms. The van der Waals surface area contributed by atoms with Gasteiger partial charge < -0.3 is 9.88 Å². The molecule has 0 spiro atoms. The van der Waals surface area contributed by atoms with Gasteiger partial charge in [0.1, 0.15) is 6.54 Å². The Labute approximate surface area is 169 Å². The number of hydrogen-bond donors (Lipinski definition) is 2. The van der Waals surface area contributed by atoms with Crippen molar-refractivity contribution in [1.82, 2.24) is 8.87 Å². The quantitative estimate of drug-likeness (QED) is 0.763. The summed E-state index contributed by atoms with van der Waals surface area (Å²) in [6.45, 7) is 1.10. The lowest BCUT2D eigenvalue weighted by Gasteiger charge is -2.20. The van der Waals surface area contributed by atoms with Crippen LogP contribution in [-0.4, -0.2) is 36.3 Å². The van der Waals surface area contributed by atoms with Gasteiger partial charge in [-0.15, -0.1) is 23.7 Å². The van der Waals surface area contributed by atoms with Crippen LogP contribution in [0.25, 0.3) is 0 Å². The van der Waals surface area contributed by atoms with E-state index < -0.39 is 10.0 Å². The number of carbonyl (C=O) groups is 1. The minimum atomic E-state index is -3.55. The van der Waals surface area contributed by atoms with Gasteiger partial charge in [0.05, 0.1) is 4.90 Å². The first-order chi connectivity index (χ1) is 12.5. The third-order valence-electron chi connectivity index (χ3n) is 4.32. The van der Waals surface area contributed by atoms with Crippen molar-refractivity contribution in [1.29, 1.82) is 5.41 Å². The number of rotatable bonds is 5. The molecule has 10 heteroatoms. The van der Waals surface area contributed by atoms with Gasteiger partial charge in [0, 0.05) is 30.4 Å². The number of benzene rings is 1. The van der Waals surface area contributed by atoms with E-state index in [9.17, 15) is 13.2 Å². The second-order valence-corrected chi connectivity index (χ2v) is 9.06. The molecule has 1 aliphatic heterocycles. The number of aromatic nitrogens is 1. The summed E-state index contributed by atoms with van der Waals surface area (Å²) in [6, 6.07) is 6.36. The van der Waals surface area contributed by atoms with Gasteiger partial charge in [-0.25, -0.2) is 8.42 Å². The van der Waals surface area contributed by atoms with E-state index in [1.165, 1.54) is 26.3 Å². The number of halogens is 1. The van der Waals surface area contributed by atoms with Gasteiger partial charge >= 0.3 is 0 Å². The largest absolute Gasteiger partial charge is 0.324 e. The molecule has 3 rings (SSSR count). The van der Waals surface area contributed by atoms with Crippen LogP contribution in [0, 0.1) is 5.41 Å². The Bertz CT molecular complexity index is 931. The summed E-state index contributed by atoms with van der Waals surface area (Å²) in [5.74, 6) is -0.300.